The number of aromatic nitrogens is 3. The molecule has 0 saturated heterocycles. The summed E-state index contributed by atoms with van der Waals surface area (Å²) >= 11 is 0. The summed E-state index contributed by atoms with van der Waals surface area (Å²) in [6, 6.07) is 14.3. The van der Waals surface area contributed by atoms with E-state index in [0.29, 0.717) is 24.7 Å². The molecule has 0 aliphatic rings. The first-order chi connectivity index (χ1) is 13.6. The van der Waals surface area contributed by atoms with Gasteiger partial charge in [-0.05, 0) is 38.6 Å². The van der Waals surface area contributed by atoms with E-state index < -0.39 is 0 Å². The molecule has 0 spiro atoms. The molecule has 6 heteroatoms. The summed E-state index contributed by atoms with van der Waals surface area (Å²) in [5.74, 6) is 2.92. The molecule has 0 N–H and O–H groups in total. The molecule has 0 aliphatic carbocycles. The average Bonchev–Trinajstić information content (AvgIpc) is 3.31. The monoisotopic (exact) mass is 377 g/mol. The Kier molecular flexibility index (Phi) is 5.10. The smallest absolute Gasteiger partial charge is 0.234 e. The number of hydrogen-bond donors (Lipinski definition) is 0. The van der Waals surface area contributed by atoms with Gasteiger partial charge in [-0.3, -0.25) is 0 Å². The van der Waals surface area contributed by atoms with E-state index in [2.05, 4.69) is 33.5 Å². The Morgan fingerprint density at radius 3 is 2.64 bits per heavy atom. The maximum atomic E-state index is 5.98. The van der Waals surface area contributed by atoms with E-state index >= 15 is 0 Å². The number of benzene rings is 2. The Bertz CT molecular complexity index is 1060. The van der Waals surface area contributed by atoms with Crippen molar-refractivity contribution in [2.45, 2.75) is 39.5 Å². The van der Waals surface area contributed by atoms with Gasteiger partial charge >= 0.3 is 0 Å². The van der Waals surface area contributed by atoms with Crippen LogP contribution in [0.2, 0.25) is 0 Å². The number of nitrogens with zero attached hydrogens (tertiary/aromatic N) is 3. The van der Waals surface area contributed by atoms with E-state index in [1.807, 2.05) is 45.0 Å². The molecule has 2 aromatic heterocycles. The zero-order chi connectivity index (χ0) is 19.5. The first-order valence-corrected chi connectivity index (χ1v) is 9.49. The predicted molar refractivity (Wildman–Crippen MR) is 106 cm³/mol. The molecule has 1 unspecified atom stereocenters. The summed E-state index contributed by atoms with van der Waals surface area (Å²) in [4.78, 5) is 4.54. The van der Waals surface area contributed by atoms with Crippen molar-refractivity contribution in [2.75, 3.05) is 6.61 Å². The lowest BCUT2D eigenvalue weighted by Crippen LogP contribution is -2.02. The molecule has 0 fully saturated rings. The number of fused-ring (bicyclic) bond motifs is 1. The van der Waals surface area contributed by atoms with Crippen molar-refractivity contribution in [1.29, 1.82) is 0 Å². The van der Waals surface area contributed by atoms with Gasteiger partial charge in [0.1, 0.15) is 11.5 Å². The van der Waals surface area contributed by atoms with Crippen molar-refractivity contribution in [3.05, 3.63) is 71.2 Å². The SMILES string of the molecule is Cc1noc(C)c1C(C)c1nc(CCCOc2cccc3ccccc23)no1. The second-order valence-corrected chi connectivity index (χ2v) is 6.94. The van der Waals surface area contributed by atoms with Gasteiger partial charge in [0.05, 0.1) is 18.2 Å². The van der Waals surface area contributed by atoms with Crippen LogP contribution in [0.15, 0.2) is 51.5 Å². The van der Waals surface area contributed by atoms with E-state index in [4.69, 9.17) is 13.8 Å². The minimum absolute atomic E-state index is 0.0422. The molecule has 0 aliphatic heterocycles. The first-order valence-electron chi connectivity index (χ1n) is 9.49. The van der Waals surface area contributed by atoms with Crippen molar-refractivity contribution < 1.29 is 13.8 Å². The highest BCUT2D eigenvalue weighted by molar-refractivity contribution is 5.88. The van der Waals surface area contributed by atoms with Crippen LogP contribution in [-0.2, 0) is 6.42 Å². The van der Waals surface area contributed by atoms with Crippen molar-refractivity contribution in [1.82, 2.24) is 15.3 Å². The van der Waals surface area contributed by atoms with Gasteiger partial charge in [0, 0.05) is 17.4 Å². The molecule has 1 atom stereocenters. The lowest BCUT2D eigenvalue weighted by atomic mass is 10.00. The summed E-state index contributed by atoms with van der Waals surface area (Å²) in [7, 11) is 0. The van der Waals surface area contributed by atoms with Crippen LogP contribution in [0.5, 0.6) is 5.75 Å². The third kappa shape index (κ3) is 3.63. The third-order valence-electron chi connectivity index (χ3n) is 4.93. The topological polar surface area (TPSA) is 74.2 Å². The summed E-state index contributed by atoms with van der Waals surface area (Å²) in [5, 5.41) is 10.4. The average molecular weight is 377 g/mol. The molecule has 6 nitrogen and oxygen atoms in total. The van der Waals surface area contributed by atoms with Crippen molar-refractivity contribution in [2.24, 2.45) is 0 Å². The van der Waals surface area contributed by atoms with E-state index in [0.717, 1.165) is 34.6 Å². The van der Waals surface area contributed by atoms with Crippen LogP contribution < -0.4 is 4.74 Å². The van der Waals surface area contributed by atoms with Crippen LogP contribution in [-0.4, -0.2) is 21.9 Å². The van der Waals surface area contributed by atoms with Gasteiger partial charge in [0.15, 0.2) is 5.82 Å². The van der Waals surface area contributed by atoms with Crippen LogP contribution in [0.3, 0.4) is 0 Å². The molecular weight excluding hydrogens is 354 g/mol. The highest BCUT2D eigenvalue weighted by Crippen LogP contribution is 2.28. The molecule has 0 amide bonds. The Hall–Kier alpha value is -3.15. The molecule has 4 rings (SSSR count). The van der Waals surface area contributed by atoms with Gasteiger partial charge in [0.25, 0.3) is 0 Å². The summed E-state index contributed by atoms with van der Waals surface area (Å²) in [6.07, 6.45) is 1.50. The quantitative estimate of drug-likeness (QED) is 0.422. The molecule has 2 heterocycles. The lowest BCUT2D eigenvalue weighted by molar-refractivity contribution is 0.311. The second-order valence-electron chi connectivity index (χ2n) is 6.94. The zero-order valence-electron chi connectivity index (χ0n) is 16.3. The van der Waals surface area contributed by atoms with Crippen molar-refractivity contribution in [3.8, 4) is 5.75 Å². The van der Waals surface area contributed by atoms with Crippen LogP contribution in [0, 0.1) is 13.8 Å². The maximum absolute atomic E-state index is 5.98. The van der Waals surface area contributed by atoms with E-state index in [9.17, 15) is 0 Å². The molecule has 0 radical (unpaired) electrons. The fourth-order valence-electron chi connectivity index (χ4n) is 3.51. The van der Waals surface area contributed by atoms with E-state index in [1.165, 1.54) is 5.39 Å². The fourth-order valence-corrected chi connectivity index (χ4v) is 3.51. The summed E-state index contributed by atoms with van der Waals surface area (Å²) < 4.78 is 16.7. The third-order valence-corrected chi connectivity index (χ3v) is 4.93. The van der Waals surface area contributed by atoms with Gasteiger partial charge < -0.3 is 13.8 Å². The van der Waals surface area contributed by atoms with Gasteiger partial charge in [-0.15, -0.1) is 0 Å². The summed E-state index contributed by atoms with van der Waals surface area (Å²) in [6.45, 7) is 6.43. The number of hydrogen-bond acceptors (Lipinski definition) is 6. The fraction of sp³-hybridized carbons (Fsp3) is 0.318. The van der Waals surface area contributed by atoms with Crippen LogP contribution in [0.25, 0.3) is 10.8 Å². The molecule has 4 aromatic rings. The molecular formula is C22H23N3O3. The van der Waals surface area contributed by atoms with Crippen LogP contribution in [0.4, 0.5) is 0 Å². The Morgan fingerprint density at radius 2 is 1.82 bits per heavy atom. The molecule has 28 heavy (non-hydrogen) atoms. The Morgan fingerprint density at radius 1 is 1.00 bits per heavy atom. The highest BCUT2D eigenvalue weighted by Gasteiger charge is 2.23. The van der Waals surface area contributed by atoms with Crippen molar-refractivity contribution >= 4 is 10.8 Å². The number of aryl methyl sites for hydroxylation is 3. The van der Waals surface area contributed by atoms with E-state index in [1.54, 1.807) is 0 Å². The highest BCUT2D eigenvalue weighted by atomic mass is 16.5. The second kappa shape index (κ2) is 7.84. The van der Waals surface area contributed by atoms with E-state index in [-0.39, 0.29) is 5.92 Å². The van der Waals surface area contributed by atoms with Crippen molar-refractivity contribution in [3.63, 3.8) is 0 Å². The Labute approximate surface area is 163 Å². The minimum atomic E-state index is -0.0422. The molecule has 0 bridgehead atoms. The molecule has 2 aromatic carbocycles. The zero-order valence-corrected chi connectivity index (χ0v) is 16.3. The number of ether oxygens (including phenoxy) is 1. The van der Waals surface area contributed by atoms with Gasteiger partial charge in [-0.25, -0.2) is 0 Å². The molecule has 144 valence electrons. The molecule has 0 saturated carbocycles. The number of rotatable bonds is 7. The largest absolute Gasteiger partial charge is 0.493 e. The first kappa shape index (κ1) is 18.2. The predicted octanol–water partition coefficient (Wildman–Crippen LogP) is 4.99. The normalized spacial score (nSPS) is 12.4. The van der Waals surface area contributed by atoms with Gasteiger partial charge in [-0.1, -0.05) is 46.7 Å². The standard InChI is InChI=1S/C22H23N3O3/c1-14(21-15(2)24-27-16(21)3)22-23-20(25-28-22)12-7-13-26-19-11-6-9-17-8-4-5-10-18(17)19/h4-6,8-11,14H,7,12-13H2,1-3H3. The van der Waals surface area contributed by atoms with Crippen LogP contribution >= 0.6 is 0 Å². The van der Waals surface area contributed by atoms with Gasteiger partial charge in [0.2, 0.25) is 5.89 Å². The maximum Gasteiger partial charge on any atom is 0.234 e. The van der Waals surface area contributed by atoms with Crippen LogP contribution in [0.1, 0.15) is 48.0 Å². The van der Waals surface area contributed by atoms with Gasteiger partial charge in [-0.2, -0.15) is 4.98 Å². The lowest BCUT2D eigenvalue weighted by Gasteiger charge is -2.08. The Balaban J connectivity index is 1.35. The summed E-state index contributed by atoms with van der Waals surface area (Å²) in [5.41, 5.74) is 1.86. The minimum Gasteiger partial charge on any atom is -0.493 e.